The zero-order valence-electron chi connectivity index (χ0n) is 20.9. The fourth-order valence-electron chi connectivity index (χ4n) is 3.64. The van der Waals surface area contributed by atoms with E-state index in [1.54, 1.807) is 20.1 Å². The van der Waals surface area contributed by atoms with Gasteiger partial charge in [0, 0.05) is 32.2 Å². The largest absolute Gasteiger partial charge is 0.497 e. The molecule has 3 rings (SSSR count). The van der Waals surface area contributed by atoms with Crippen molar-refractivity contribution >= 4 is 0 Å². The van der Waals surface area contributed by atoms with Crippen LogP contribution in [0.15, 0.2) is 67.3 Å². The van der Waals surface area contributed by atoms with Gasteiger partial charge in [-0.1, -0.05) is 30.3 Å². The van der Waals surface area contributed by atoms with Crippen molar-refractivity contribution in [3.05, 3.63) is 78.5 Å². The SMILES string of the molecule is C=CC(C)(O)CN(CCN(C)C)Cc1c(C)nn(-c2ccccc2)c1Oc1cccc(OC)c1. The first kappa shape index (κ1) is 25.5. The van der Waals surface area contributed by atoms with Gasteiger partial charge in [-0.3, -0.25) is 4.90 Å². The first-order chi connectivity index (χ1) is 16.2. The second-order valence-electron chi connectivity index (χ2n) is 8.97. The van der Waals surface area contributed by atoms with Gasteiger partial charge in [0.05, 0.1) is 29.7 Å². The summed E-state index contributed by atoms with van der Waals surface area (Å²) in [5, 5.41) is 15.5. The number of likely N-dealkylation sites (N-methyl/N-ethyl adjacent to an activating group) is 1. The lowest BCUT2D eigenvalue weighted by molar-refractivity contribution is 0.0558. The molecule has 0 radical (unpaired) electrons. The molecule has 182 valence electrons. The van der Waals surface area contributed by atoms with Gasteiger partial charge in [-0.25, -0.2) is 4.68 Å². The Morgan fingerprint density at radius 1 is 1.09 bits per heavy atom. The fraction of sp³-hybridized carbons (Fsp3) is 0.370. The normalized spacial score (nSPS) is 13.2. The Morgan fingerprint density at radius 2 is 1.79 bits per heavy atom. The summed E-state index contributed by atoms with van der Waals surface area (Å²) in [4.78, 5) is 4.34. The maximum atomic E-state index is 10.7. The molecule has 1 aromatic heterocycles. The molecule has 0 aliphatic carbocycles. The molecule has 2 aromatic carbocycles. The van der Waals surface area contributed by atoms with Gasteiger partial charge in [-0.15, -0.1) is 6.58 Å². The van der Waals surface area contributed by atoms with Crippen LogP contribution in [0.25, 0.3) is 5.69 Å². The van der Waals surface area contributed by atoms with Gasteiger partial charge in [0.1, 0.15) is 11.5 Å². The minimum absolute atomic E-state index is 0.443. The van der Waals surface area contributed by atoms with Gasteiger partial charge in [0.15, 0.2) is 0 Å². The van der Waals surface area contributed by atoms with E-state index in [2.05, 4.69) is 16.4 Å². The lowest BCUT2D eigenvalue weighted by atomic mass is 10.1. The summed E-state index contributed by atoms with van der Waals surface area (Å²) in [5.41, 5.74) is 1.73. The molecule has 0 saturated heterocycles. The Labute approximate surface area is 202 Å². The van der Waals surface area contributed by atoms with E-state index in [0.29, 0.717) is 24.7 Å². The molecule has 0 aliphatic heterocycles. The van der Waals surface area contributed by atoms with Gasteiger partial charge in [-0.2, -0.15) is 5.10 Å². The van der Waals surface area contributed by atoms with Crippen molar-refractivity contribution in [1.29, 1.82) is 0 Å². The number of hydrogen-bond donors (Lipinski definition) is 1. The van der Waals surface area contributed by atoms with E-state index in [1.165, 1.54) is 0 Å². The molecule has 1 unspecified atom stereocenters. The number of aliphatic hydroxyl groups is 1. The van der Waals surface area contributed by atoms with E-state index in [1.807, 2.05) is 80.3 Å². The molecule has 0 amide bonds. The van der Waals surface area contributed by atoms with E-state index in [9.17, 15) is 5.11 Å². The molecule has 0 aliphatic rings. The van der Waals surface area contributed by atoms with Crippen molar-refractivity contribution in [3.8, 4) is 23.1 Å². The summed E-state index contributed by atoms with van der Waals surface area (Å²) in [6.45, 7) is 10.2. The third kappa shape index (κ3) is 6.70. The number of nitrogens with zero attached hydrogens (tertiary/aromatic N) is 4. The van der Waals surface area contributed by atoms with Crippen LogP contribution in [0.4, 0.5) is 0 Å². The maximum Gasteiger partial charge on any atom is 0.227 e. The molecule has 1 N–H and O–H groups in total. The van der Waals surface area contributed by atoms with E-state index < -0.39 is 5.60 Å². The van der Waals surface area contributed by atoms with Gasteiger partial charge in [0.25, 0.3) is 0 Å². The van der Waals surface area contributed by atoms with E-state index in [4.69, 9.17) is 14.6 Å². The summed E-state index contributed by atoms with van der Waals surface area (Å²) >= 11 is 0. The maximum absolute atomic E-state index is 10.7. The van der Waals surface area contributed by atoms with Crippen molar-refractivity contribution in [1.82, 2.24) is 19.6 Å². The summed E-state index contributed by atoms with van der Waals surface area (Å²) in [7, 11) is 5.72. The number of aromatic nitrogens is 2. The minimum Gasteiger partial charge on any atom is -0.497 e. The number of rotatable bonds is 12. The molecule has 0 spiro atoms. The smallest absolute Gasteiger partial charge is 0.227 e. The monoisotopic (exact) mass is 464 g/mol. The van der Waals surface area contributed by atoms with Crippen molar-refractivity contribution in [2.75, 3.05) is 40.8 Å². The Kier molecular flexibility index (Phi) is 8.50. The Morgan fingerprint density at radius 3 is 2.44 bits per heavy atom. The van der Waals surface area contributed by atoms with Crippen molar-refractivity contribution in [3.63, 3.8) is 0 Å². The lowest BCUT2D eigenvalue weighted by Crippen LogP contribution is -2.42. The predicted octanol–water partition coefficient (Wildman–Crippen LogP) is 4.28. The number of aryl methyl sites for hydroxylation is 1. The fourth-order valence-corrected chi connectivity index (χ4v) is 3.64. The van der Waals surface area contributed by atoms with Gasteiger partial charge in [-0.05, 0) is 52.2 Å². The average Bonchev–Trinajstić information content (AvgIpc) is 3.12. The first-order valence-electron chi connectivity index (χ1n) is 11.4. The first-order valence-corrected chi connectivity index (χ1v) is 11.4. The van der Waals surface area contributed by atoms with Gasteiger partial charge < -0.3 is 19.5 Å². The second kappa shape index (κ2) is 11.3. The molecular weight excluding hydrogens is 428 g/mol. The predicted molar refractivity (Wildman–Crippen MR) is 136 cm³/mol. The topological polar surface area (TPSA) is 63.0 Å². The minimum atomic E-state index is -1.01. The van der Waals surface area contributed by atoms with Crippen molar-refractivity contribution in [2.45, 2.75) is 26.0 Å². The van der Waals surface area contributed by atoms with Crippen LogP contribution in [0.2, 0.25) is 0 Å². The molecule has 1 atom stereocenters. The highest BCUT2D eigenvalue weighted by molar-refractivity contribution is 5.44. The molecular formula is C27H36N4O3. The van der Waals surface area contributed by atoms with Crippen LogP contribution < -0.4 is 9.47 Å². The molecule has 34 heavy (non-hydrogen) atoms. The van der Waals surface area contributed by atoms with Crippen LogP contribution in [0.1, 0.15) is 18.2 Å². The number of methoxy groups -OCH3 is 1. The third-order valence-electron chi connectivity index (χ3n) is 5.62. The molecule has 3 aromatic rings. The summed E-state index contributed by atoms with van der Waals surface area (Å²) in [6.07, 6.45) is 1.59. The van der Waals surface area contributed by atoms with Crippen LogP contribution >= 0.6 is 0 Å². The third-order valence-corrected chi connectivity index (χ3v) is 5.62. The summed E-state index contributed by atoms with van der Waals surface area (Å²) in [5.74, 6) is 2.02. The Hall–Kier alpha value is -3.13. The molecule has 7 nitrogen and oxygen atoms in total. The average molecular weight is 465 g/mol. The van der Waals surface area contributed by atoms with E-state index in [-0.39, 0.29) is 0 Å². The molecule has 1 heterocycles. The van der Waals surface area contributed by atoms with Crippen molar-refractivity contribution in [2.24, 2.45) is 0 Å². The molecule has 0 bridgehead atoms. The van der Waals surface area contributed by atoms with Crippen LogP contribution in [-0.2, 0) is 6.54 Å². The summed E-state index contributed by atoms with van der Waals surface area (Å²) in [6, 6.07) is 17.5. The van der Waals surface area contributed by atoms with Crippen LogP contribution in [0.5, 0.6) is 17.4 Å². The van der Waals surface area contributed by atoms with Gasteiger partial charge >= 0.3 is 0 Å². The Balaban J connectivity index is 2.03. The second-order valence-corrected chi connectivity index (χ2v) is 8.97. The van der Waals surface area contributed by atoms with E-state index >= 15 is 0 Å². The Bertz CT molecular complexity index is 1080. The highest BCUT2D eigenvalue weighted by Crippen LogP contribution is 2.33. The zero-order chi connectivity index (χ0) is 24.7. The molecule has 7 heteroatoms. The van der Waals surface area contributed by atoms with Crippen LogP contribution in [0.3, 0.4) is 0 Å². The highest BCUT2D eigenvalue weighted by atomic mass is 16.5. The standard InChI is InChI=1S/C27H36N4O3/c1-7-27(3,32)20-30(17-16-29(4)5)19-25-21(2)28-31(22-12-9-8-10-13-22)26(25)34-24-15-11-14-23(18-24)33-6/h7-15,18,32H,1,16-17,19-20H2,2-6H3. The highest BCUT2D eigenvalue weighted by Gasteiger charge is 2.25. The number of hydrogen-bond acceptors (Lipinski definition) is 6. The molecule has 0 saturated carbocycles. The number of ether oxygens (including phenoxy) is 2. The summed E-state index contributed by atoms with van der Waals surface area (Å²) < 4.78 is 13.7. The molecule has 0 fully saturated rings. The quantitative estimate of drug-likeness (QED) is 0.404. The van der Waals surface area contributed by atoms with E-state index in [0.717, 1.165) is 35.8 Å². The zero-order valence-corrected chi connectivity index (χ0v) is 20.9. The number of para-hydroxylation sites is 1. The van der Waals surface area contributed by atoms with Crippen molar-refractivity contribution < 1.29 is 14.6 Å². The van der Waals surface area contributed by atoms with Crippen LogP contribution in [-0.4, -0.2) is 71.1 Å². The lowest BCUT2D eigenvalue weighted by Gasteiger charge is -2.30. The van der Waals surface area contributed by atoms with Crippen LogP contribution in [0, 0.1) is 6.92 Å². The number of benzene rings is 2. The van der Waals surface area contributed by atoms with Gasteiger partial charge in [0.2, 0.25) is 5.88 Å².